The average Bonchev–Trinajstić information content (AvgIpc) is 2.87. The Morgan fingerprint density at radius 3 is 2.14 bits per heavy atom. The van der Waals surface area contributed by atoms with Gasteiger partial charge in [0.2, 0.25) is 0 Å². The van der Waals surface area contributed by atoms with Crippen LogP contribution in [0, 0.1) is 0 Å². The number of hydrogen-bond donors (Lipinski definition) is 1. The van der Waals surface area contributed by atoms with Crippen molar-refractivity contribution in [2.24, 2.45) is 0 Å². The van der Waals surface area contributed by atoms with Gasteiger partial charge in [0.25, 0.3) is 0 Å². The maximum atomic E-state index is 11.3. The third kappa shape index (κ3) is 2.84. The molecule has 0 aliphatic carbocycles. The Bertz CT molecular complexity index is 646. The fourth-order valence-electron chi connectivity index (χ4n) is 2.22. The van der Waals surface area contributed by atoms with E-state index in [-0.39, 0.29) is 5.54 Å². The van der Waals surface area contributed by atoms with Crippen LogP contribution in [0.2, 0.25) is 0 Å². The Morgan fingerprint density at radius 1 is 1.10 bits per heavy atom. The van der Waals surface area contributed by atoms with Gasteiger partial charge in [-0.1, -0.05) is 24.3 Å². The smallest absolute Gasteiger partial charge is 0.313 e. The van der Waals surface area contributed by atoms with Crippen LogP contribution in [0.3, 0.4) is 0 Å². The number of carboxylic acids is 1. The number of aliphatic carboxylic acids is 1. The van der Waals surface area contributed by atoms with E-state index in [1.807, 2.05) is 36.8 Å². The van der Waals surface area contributed by atoms with Crippen molar-refractivity contribution in [2.75, 3.05) is 0 Å². The van der Waals surface area contributed by atoms with E-state index in [1.165, 1.54) is 0 Å². The molecule has 1 aromatic heterocycles. The first-order valence-corrected chi connectivity index (χ1v) is 7.01. The first-order valence-electron chi connectivity index (χ1n) is 7.01. The Balaban J connectivity index is 2.41. The summed E-state index contributed by atoms with van der Waals surface area (Å²) >= 11 is 0. The van der Waals surface area contributed by atoms with Crippen molar-refractivity contribution in [3.05, 3.63) is 42.4 Å². The molecule has 2 rings (SSSR count). The van der Waals surface area contributed by atoms with Gasteiger partial charge in [-0.05, 0) is 45.7 Å². The van der Waals surface area contributed by atoms with Gasteiger partial charge in [0.15, 0.2) is 0 Å². The van der Waals surface area contributed by atoms with Crippen LogP contribution in [0.15, 0.2) is 36.8 Å². The Kier molecular flexibility index (Phi) is 3.66. The van der Waals surface area contributed by atoms with Crippen LogP contribution < -0.4 is 0 Å². The lowest BCUT2D eigenvalue weighted by atomic mass is 9.84. The third-order valence-electron chi connectivity index (χ3n) is 3.80. The molecule has 0 saturated heterocycles. The normalized spacial score (nSPS) is 12.4. The molecular weight excluding hydrogens is 264 g/mol. The van der Waals surface area contributed by atoms with Crippen LogP contribution in [0.4, 0.5) is 0 Å². The Morgan fingerprint density at radius 2 is 1.67 bits per heavy atom. The largest absolute Gasteiger partial charge is 0.481 e. The summed E-state index contributed by atoms with van der Waals surface area (Å²) in [5, 5.41) is 9.28. The van der Waals surface area contributed by atoms with Gasteiger partial charge in [-0.2, -0.15) is 0 Å². The maximum absolute atomic E-state index is 11.3. The fourth-order valence-corrected chi connectivity index (χ4v) is 2.22. The van der Waals surface area contributed by atoms with Gasteiger partial charge < -0.3 is 9.67 Å². The van der Waals surface area contributed by atoms with E-state index in [9.17, 15) is 9.90 Å². The van der Waals surface area contributed by atoms with Crippen molar-refractivity contribution >= 4 is 5.97 Å². The monoisotopic (exact) mass is 286 g/mol. The molecule has 112 valence electrons. The molecule has 1 heterocycles. The molecule has 0 spiro atoms. The van der Waals surface area contributed by atoms with Gasteiger partial charge in [-0.25, -0.2) is 4.98 Å². The summed E-state index contributed by atoms with van der Waals surface area (Å²) in [5.74, 6) is -0.824. The predicted molar refractivity (Wildman–Crippen MR) is 83.3 cm³/mol. The maximum Gasteiger partial charge on any atom is 0.313 e. The third-order valence-corrected chi connectivity index (χ3v) is 3.80. The number of benzene rings is 1. The highest BCUT2D eigenvalue weighted by Gasteiger charge is 2.29. The summed E-state index contributed by atoms with van der Waals surface area (Å²) < 4.78 is 2.12. The summed E-state index contributed by atoms with van der Waals surface area (Å²) in [7, 11) is 0. The molecular formula is C17H22N2O2. The lowest BCUT2D eigenvalue weighted by Gasteiger charge is -2.24. The number of nitrogens with zero attached hydrogens (tertiary/aromatic N) is 2. The molecule has 0 radical (unpaired) electrons. The van der Waals surface area contributed by atoms with E-state index < -0.39 is 11.4 Å². The molecule has 2 aromatic rings. The molecule has 0 aliphatic rings. The zero-order chi connectivity index (χ0) is 15.8. The second-order valence-corrected chi connectivity index (χ2v) is 6.83. The molecule has 21 heavy (non-hydrogen) atoms. The summed E-state index contributed by atoms with van der Waals surface area (Å²) in [6.07, 6.45) is 3.66. The first kappa shape index (κ1) is 15.3. The topological polar surface area (TPSA) is 55.1 Å². The summed E-state index contributed by atoms with van der Waals surface area (Å²) in [5.41, 5.74) is 1.92. The van der Waals surface area contributed by atoms with Gasteiger partial charge in [-0.3, -0.25) is 4.79 Å². The SMILES string of the molecule is CC(C)(C(=O)O)c1ccc(-c2cncn2C(C)(C)C)cc1. The fraction of sp³-hybridized carbons (Fsp3) is 0.412. The van der Waals surface area contributed by atoms with Gasteiger partial charge in [0, 0.05) is 5.54 Å². The second kappa shape index (κ2) is 5.02. The van der Waals surface area contributed by atoms with E-state index in [2.05, 4.69) is 30.3 Å². The van der Waals surface area contributed by atoms with Crippen LogP contribution in [-0.4, -0.2) is 20.6 Å². The zero-order valence-electron chi connectivity index (χ0n) is 13.2. The minimum Gasteiger partial charge on any atom is -0.481 e. The number of carbonyl (C=O) groups is 1. The molecule has 0 aliphatic heterocycles. The summed E-state index contributed by atoms with van der Waals surface area (Å²) in [6.45, 7) is 9.80. The van der Waals surface area contributed by atoms with Crippen LogP contribution in [0.25, 0.3) is 11.3 Å². The van der Waals surface area contributed by atoms with Gasteiger partial charge in [-0.15, -0.1) is 0 Å². The lowest BCUT2D eigenvalue weighted by Crippen LogP contribution is -2.28. The van der Waals surface area contributed by atoms with E-state index >= 15 is 0 Å². The van der Waals surface area contributed by atoms with Crippen molar-refractivity contribution in [3.8, 4) is 11.3 Å². The van der Waals surface area contributed by atoms with Crippen molar-refractivity contribution in [1.82, 2.24) is 9.55 Å². The molecule has 0 saturated carbocycles. The number of hydrogen-bond acceptors (Lipinski definition) is 2. The number of rotatable bonds is 3. The molecule has 1 N–H and O–H groups in total. The van der Waals surface area contributed by atoms with Gasteiger partial charge >= 0.3 is 5.97 Å². The number of aromatic nitrogens is 2. The molecule has 4 nitrogen and oxygen atoms in total. The lowest BCUT2D eigenvalue weighted by molar-refractivity contribution is -0.142. The van der Waals surface area contributed by atoms with E-state index in [1.54, 1.807) is 13.8 Å². The van der Waals surface area contributed by atoms with Crippen molar-refractivity contribution in [3.63, 3.8) is 0 Å². The molecule has 0 amide bonds. The standard InChI is InChI=1S/C17H22N2O2/c1-16(2,3)19-11-18-10-14(19)12-6-8-13(9-7-12)17(4,5)15(20)21/h6-11H,1-5H3,(H,20,21). The first-order chi connectivity index (χ1) is 9.64. The van der Waals surface area contributed by atoms with Crippen molar-refractivity contribution in [2.45, 2.75) is 45.6 Å². The average molecular weight is 286 g/mol. The summed E-state index contributed by atoms with van der Waals surface area (Å²) in [4.78, 5) is 15.5. The number of imidazole rings is 1. The molecule has 1 aromatic carbocycles. The Labute approximate surface area is 125 Å². The quantitative estimate of drug-likeness (QED) is 0.936. The Hall–Kier alpha value is -2.10. The molecule has 0 unspecified atom stereocenters. The minimum absolute atomic E-state index is 0.0508. The molecule has 0 bridgehead atoms. The highest BCUT2D eigenvalue weighted by atomic mass is 16.4. The van der Waals surface area contributed by atoms with E-state index in [0.29, 0.717) is 0 Å². The van der Waals surface area contributed by atoms with Crippen molar-refractivity contribution in [1.29, 1.82) is 0 Å². The highest BCUT2D eigenvalue weighted by molar-refractivity contribution is 5.80. The molecule has 0 fully saturated rings. The van der Waals surface area contributed by atoms with Crippen molar-refractivity contribution < 1.29 is 9.90 Å². The second-order valence-electron chi connectivity index (χ2n) is 6.83. The predicted octanol–water partition coefficient (Wildman–Crippen LogP) is 3.67. The van der Waals surface area contributed by atoms with Gasteiger partial charge in [0.1, 0.15) is 0 Å². The highest BCUT2D eigenvalue weighted by Crippen LogP contribution is 2.29. The molecule has 4 heteroatoms. The number of carboxylic acid groups (broad SMARTS) is 1. The molecule has 0 atom stereocenters. The minimum atomic E-state index is -0.886. The van der Waals surface area contributed by atoms with Crippen LogP contribution in [0.1, 0.15) is 40.2 Å². The van der Waals surface area contributed by atoms with Crippen LogP contribution in [-0.2, 0) is 15.7 Å². The van der Waals surface area contributed by atoms with Gasteiger partial charge in [0.05, 0.1) is 23.6 Å². The zero-order valence-corrected chi connectivity index (χ0v) is 13.2. The van der Waals surface area contributed by atoms with E-state index in [0.717, 1.165) is 16.8 Å². The summed E-state index contributed by atoms with van der Waals surface area (Å²) in [6, 6.07) is 7.67. The van der Waals surface area contributed by atoms with E-state index in [4.69, 9.17) is 0 Å². The van der Waals surface area contributed by atoms with Crippen LogP contribution >= 0.6 is 0 Å². The van der Waals surface area contributed by atoms with Crippen LogP contribution in [0.5, 0.6) is 0 Å².